The van der Waals surface area contributed by atoms with Crippen molar-refractivity contribution in [1.82, 2.24) is 4.90 Å². The van der Waals surface area contributed by atoms with Crippen molar-refractivity contribution in [3.05, 3.63) is 35.9 Å². The maximum Gasteiger partial charge on any atom is 0.310 e. The van der Waals surface area contributed by atoms with Gasteiger partial charge in [-0.05, 0) is 12.0 Å². The van der Waals surface area contributed by atoms with Gasteiger partial charge in [0.1, 0.15) is 0 Å². The zero-order chi connectivity index (χ0) is 14.5. The van der Waals surface area contributed by atoms with E-state index in [0.29, 0.717) is 19.5 Å². The number of aliphatic hydroxyl groups is 1. The Kier molecular flexibility index (Phi) is 4.74. The second-order valence-electron chi connectivity index (χ2n) is 4.98. The Bertz CT molecular complexity index is 474. The molecule has 1 aromatic rings. The van der Waals surface area contributed by atoms with E-state index in [0.717, 1.165) is 5.56 Å². The van der Waals surface area contributed by atoms with Crippen LogP contribution < -0.4 is 0 Å². The largest absolute Gasteiger partial charge is 0.469 e. The number of nitrogens with zero attached hydrogens (tertiary/aromatic N) is 1. The van der Waals surface area contributed by atoms with Crippen LogP contribution in [0.25, 0.3) is 0 Å². The van der Waals surface area contributed by atoms with E-state index >= 15 is 0 Å². The summed E-state index contributed by atoms with van der Waals surface area (Å²) in [5.41, 5.74) is 0.837. The van der Waals surface area contributed by atoms with Crippen molar-refractivity contribution in [2.75, 3.05) is 20.2 Å². The maximum atomic E-state index is 11.8. The molecule has 0 aromatic heterocycles. The van der Waals surface area contributed by atoms with Gasteiger partial charge in [-0.15, -0.1) is 0 Å². The highest BCUT2D eigenvalue weighted by Gasteiger charge is 2.34. The summed E-state index contributed by atoms with van der Waals surface area (Å²) in [6.07, 6.45) is 0.0683. The van der Waals surface area contributed by atoms with E-state index in [1.807, 2.05) is 30.3 Å². The Morgan fingerprint density at radius 2 is 2.15 bits per heavy atom. The first kappa shape index (κ1) is 14.5. The predicted molar refractivity (Wildman–Crippen MR) is 72.7 cm³/mol. The van der Waals surface area contributed by atoms with E-state index in [1.54, 1.807) is 4.90 Å². The van der Waals surface area contributed by atoms with Gasteiger partial charge in [-0.3, -0.25) is 9.59 Å². The molecular formula is C15H19NO4. The standard InChI is InChI=1S/C15H19NO4/c1-20-15(19)12-9-14(18)16(10-12)8-7-13(17)11-5-3-2-4-6-11/h2-6,12-13,17H,7-10H2,1H3. The third kappa shape index (κ3) is 3.36. The Morgan fingerprint density at radius 1 is 1.45 bits per heavy atom. The molecule has 1 fully saturated rings. The van der Waals surface area contributed by atoms with Crippen molar-refractivity contribution >= 4 is 11.9 Å². The zero-order valence-corrected chi connectivity index (χ0v) is 11.5. The Labute approximate surface area is 118 Å². The van der Waals surface area contributed by atoms with E-state index < -0.39 is 6.10 Å². The number of hydrogen-bond acceptors (Lipinski definition) is 4. The quantitative estimate of drug-likeness (QED) is 0.819. The fraction of sp³-hybridized carbons (Fsp3) is 0.467. The summed E-state index contributed by atoms with van der Waals surface area (Å²) in [4.78, 5) is 24.8. The Morgan fingerprint density at radius 3 is 2.80 bits per heavy atom. The first-order valence-electron chi connectivity index (χ1n) is 6.70. The summed E-state index contributed by atoms with van der Waals surface area (Å²) in [5.74, 6) is -0.772. The molecule has 20 heavy (non-hydrogen) atoms. The second-order valence-corrected chi connectivity index (χ2v) is 4.98. The van der Waals surface area contributed by atoms with Crippen molar-refractivity contribution < 1.29 is 19.4 Å². The molecule has 0 radical (unpaired) electrons. The van der Waals surface area contributed by atoms with Gasteiger partial charge in [-0.2, -0.15) is 0 Å². The van der Waals surface area contributed by atoms with Crippen LogP contribution in [0.1, 0.15) is 24.5 Å². The van der Waals surface area contributed by atoms with Gasteiger partial charge in [-0.1, -0.05) is 30.3 Å². The van der Waals surface area contributed by atoms with Crippen molar-refractivity contribution in [1.29, 1.82) is 0 Å². The van der Waals surface area contributed by atoms with Crippen molar-refractivity contribution in [3.63, 3.8) is 0 Å². The first-order valence-corrected chi connectivity index (χ1v) is 6.70. The van der Waals surface area contributed by atoms with E-state index in [4.69, 9.17) is 0 Å². The molecule has 0 saturated carbocycles. The molecule has 0 aliphatic carbocycles. The number of aliphatic hydroxyl groups excluding tert-OH is 1. The molecule has 2 rings (SSSR count). The predicted octanol–water partition coefficient (Wildman–Crippen LogP) is 1.13. The minimum absolute atomic E-state index is 0.0549. The molecule has 1 N–H and O–H groups in total. The monoisotopic (exact) mass is 277 g/mol. The van der Waals surface area contributed by atoms with Gasteiger partial charge in [0.2, 0.25) is 5.91 Å². The summed E-state index contributed by atoms with van der Waals surface area (Å²) in [6, 6.07) is 9.34. The SMILES string of the molecule is COC(=O)C1CC(=O)N(CCC(O)c2ccccc2)C1. The van der Waals surface area contributed by atoms with Crippen LogP contribution in [0, 0.1) is 5.92 Å². The molecule has 5 heteroatoms. The summed E-state index contributed by atoms with van der Waals surface area (Å²) < 4.78 is 4.66. The first-order chi connectivity index (χ1) is 9.61. The highest BCUT2D eigenvalue weighted by Crippen LogP contribution is 2.22. The van der Waals surface area contributed by atoms with Gasteiger partial charge in [0.25, 0.3) is 0 Å². The van der Waals surface area contributed by atoms with E-state index in [1.165, 1.54) is 7.11 Å². The minimum atomic E-state index is -0.596. The molecule has 2 unspecified atom stereocenters. The lowest BCUT2D eigenvalue weighted by Gasteiger charge is -2.18. The third-order valence-electron chi connectivity index (χ3n) is 3.61. The highest BCUT2D eigenvalue weighted by atomic mass is 16.5. The van der Waals surface area contributed by atoms with Crippen LogP contribution in [0.3, 0.4) is 0 Å². The molecule has 108 valence electrons. The zero-order valence-electron chi connectivity index (χ0n) is 11.5. The molecule has 2 atom stereocenters. The lowest BCUT2D eigenvalue weighted by atomic mass is 10.1. The number of likely N-dealkylation sites (tertiary alicyclic amines) is 1. The lowest BCUT2D eigenvalue weighted by Crippen LogP contribution is -2.28. The molecule has 5 nitrogen and oxygen atoms in total. The number of amides is 1. The third-order valence-corrected chi connectivity index (χ3v) is 3.61. The Hall–Kier alpha value is -1.88. The van der Waals surface area contributed by atoms with Crippen molar-refractivity contribution in [2.24, 2.45) is 5.92 Å². The molecule has 1 aliphatic rings. The van der Waals surface area contributed by atoms with Crippen LogP contribution in [0.4, 0.5) is 0 Å². The van der Waals surface area contributed by atoms with Crippen LogP contribution >= 0.6 is 0 Å². The fourth-order valence-electron chi connectivity index (χ4n) is 2.43. The van der Waals surface area contributed by atoms with Crippen LogP contribution in [-0.4, -0.2) is 42.1 Å². The van der Waals surface area contributed by atoms with Gasteiger partial charge in [0, 0.05) is 19.5 Å². The number of carbonyl (C=O) groups is 2. The smallest absolute Gasteiger partial charge is 0.310 e. The lowest BCUT2D eigenvalue weighted by molar-refractivity contribution is -0.145. The number of rotatable bonds is 5. The number of benzene rings is 1. The number of methoxy groups -OCH3 is 1. The van der Waals surface area contributed by atoms with Crippen molar-refractivity contribution in [3.8, 4) is 0 Å². The normalized spacial score (nSPS) is 20.0. The van der Waals surface area contributed by atoms with Gasteiger partial charge >= 0.3 is 5.97 Å². The van der Waals surface area contributed by atoms with Crippen LogP contribution in [0.2, 0.25) is 0 Å². The van der Waals surface area contributed by atoms with Crippen LogP contribution in [0.5, 0.6) is 0 Å². The molecule has 1 amide bonds. The number of esters is 1. The summed E-state index contributed by atoms with van der Waals surface area (Å²) in [5, 5.41) is 10.1. The summed E-state index contributed by atoms with van der Waals surface area (Å²) in [6.45, 7) is 0.829. The maximum absolute atomic E-state index is 11.8. The average Bonchev–Trinajstić information content (AvgIpc) is 2.86. The van der Waals surface area contributed by atoms with Gasteiger partial charge in [0.05, 0.1) is 19.1 Å². The molecule has 0 bridgehead atoms. The summed E-state index contributed by atoms with van der Waals surface area (Å²) >= 11 is 0. The van der Waals surface area contributed by atoms with Crippen LogP contribution in [0.15, 0.2) is 30.3 Å². The molecule has 0 spiro atoms. The van der Waals surface area contributed by atoms with E-state index in [2.05, 4.69) is 4.74 Å². The number of hydrogen-bond donors (Lipinski definition) is 1. The molecule has 1 heterocycles. The van der Waals surface area contributed by atoms with E-state index in [9.17, 15) is 14.7 Å². The second kappa shape index (κ2) is 6.52. The van der Waals surface area contributed by atoms with Crippen LogP contribution in [-0.2, 0) is 14.3 Å². The summed E-state index contributed by atoms with van der Waals surface area (Å²) in [7, 11) is 1.33. The highest BCUT2D eigenvalue weighted by molar-refractivity contribution is 5.86. The van der Waals surface area contributed by atoms with Gasteiger partial charge < -0.3 is 14.7 Å². The van der Waals surface area contributed by atoms with Crippen molar-refractivity contribution in [2.45, 2.75) is 18.9 Å². The minimum Gasteiger partial charge on any atom is -0.469 e. The topological polar surface area (TPSA) is 66.8 Å². The molecule has 1 aromatic carbocycles. The molecule has 1 aliphatic heterocycles. The van der Waals surface area contributed by atoms with Gasteiger partial charge in [0.15, 0.2) is 0 Å². The Balaban J connectivity index is 1.85. The number of ether oxygens (including phenoxy) is 1. The number of carbonyl (C=O) groups excluding carboxylic acids is 2. The van der Waals surface area contributed by atoms with Gasteiger partial charge in [-0.25, -0.2) is 0 Å². The van der Waals surface area contributed by atoms with E-state index in [-0.39, 0.29) is 24.2 Å². The molecule has 1 saturated heterocycles. The molecular weight excluding hydrogens is 258 g/mol. The average molecular weight is 277 g/mol. The fourth-order valence-corrected chi connectivity index (χ4v) is 2.43.